The summed E-state index contributed by atoms with van der Waals surface area (Å²) in [7, 11) is 4.56. The number of methoxy groups -OCH3 is 3. The fourth-order valence-corrected chi connectivity index (χ4v) is 3.10. The van der Waals surface area contributed by atoms with E-state index in [0.717, 1.165) is 0 Å². The van der Waals surface area contributed by atoms with E-state index in [1.54, 1.807) is 49.4 Å². The topological polar surface area (TPSA) is 94.1 Å². The molecule has 0 aliphatic rings. The lowest BCUT2D eigenvalue weighted by Gasteiger charge is -2.30. The molecule has 0 bridgehead atoms. The van der Waals surface area contributed by atoms with Gasteiger partial charge in [-0.25, -0.2) is 0 Å². The van der Waals surface area contributed by atoms with Gasteiger partial charge in [-0.3, -0.25) is 9.59 Å². The summed E-state index contributed by atoms with van der Waals surface area (Å²) in [4.78, 5) is 24.3. The number of carboxylic acid groups (broad SMARTS) is 1. The van der Waals surface area contributed by atoms with E-state index in [2.05, 4.69) is 5.32 Å². The molecular formula is C21H25NO6. The van der Waals surface area contributed by atoms with Gasteiger partial charge in [-0.15, -0.1) is 0 Å². The third-order valence-corrected chi connectivity index (χ3v) is 4.49. The molecule has 0 aliphatic carbocycles. The van der Waals surface area contributed by atoms with Crippen molar-refractivity contribution < 1.29 is 28.9 Å². The molecule has 0 aliphatic heterocycles. The lowest BCUT2D eigenvalue weighted by molar-refractivity contribution is -0.139. The van der Waals surface area contributed by atoms with Crippen LogP contribution in [0, 0.1) is 0 Å². The maximum atomic E-state index is 12.8. The van der Waals surface area contributed by atoms with Gasteiger partial charge in [0.2, 0.25) is 5.91 Å². The molecular weight excluding hydrogens is 362 g/mol. The molecule has 2 N–H and O–H groups in total. The molecule has 0 heterocycles. The Balaban J connectivity index is 2.32. The number of rotatable bonds is 9. The van der Waals surface area contributed by atoms with Crippen LogP contribution in [0.3, 0.4) is 0 Å². The van der Waals surface area contributed by atoms with Crippen LogP contribution < -0.4 is 19.5 Å². The van der Waals surface area contributed by atoms with Crippen LogP contribution in [0.15, 0.2) is 42.5 Å². The number of hydrogen-bond acceptors (Lipinski definition) is 5. The normalized spacial score (nSPS) is 12.6. The second-order valence-electron chi connectivity index (χ2n) is 6.50. The van der Waals surface area contributed by atoms with Crippen LogP contribution >= 0.6 is 0 Å². The highest BCUT2D eigenvalue weighted by atomic mass is 16.5. The van der Waals surface area contributed by atoms with Gasteiger partial charge >= 0.3 is 5.97 Å². The number of amides is 1. The molecule has 2 aromatic rings. The summed E-state index contributed by atoms with van der Waals surface area (Å²) in [6, 6.07) is 12.2. The molecule has 0 radical (unpaired) electrons. The van der Waals surface area contributed by atoms with Crippen LogP contribution in [0.4, 0.5) is 0 Å². The molecule has 28 heavy (non-hydrogen) atoms. The van der Waals surface area contributed by atoms with Gasteiger partial charge in [0.05, 0.1) is 39.7 Å². The van der Waals surface area contributed by atoms with Gasteiger partial charge in [0.25, 0.3) is 0 Å². The number of benzene rings is 2. The fraction of sp³-hybridized carbons (Fsp3) is 0.333. The summed E-state index contributed by atoms with van der Waals surface area (Å²) in [5.74, 6) is 0.247. The number of aliphatic carboxylic acids is 1. The van der Waals surface area contributed by atoms with Crippen LogP contribution in [-0.4, -0.2) is 38.3 Å². The predicted octanol–water partition coefficient (Wildman–Crippen LogP) is 2.76. The average Bonchev–Trinajstić information content (AvgIpc) is 2.67. The Bertz CT molecular complexity index is 828. The highest BCUT2D eigenvalue weighted by molar-refractivity contribution is 5.82. The molecule has 1 atom stereocenters. The zero-order valence-corrected chi connectivity index (χ0v) is 16.4. The molecule has 2 aromatic carbocycles. The summed E-state index contributed by atoms with van der Waals surface area (Å²) in [6.07, 6.45) is -0.304. The van der Waals surface area contributed by atoms with Crippen molar-refractivity contribution in [3.63, 3.8) is 0 Å². The van der Waals surface area contributed by atoms with E-state index in [1.165, 1.54) is 21.3 Å². The first-order chi connectivity index (χ1) is 13.3. The van der Waals surface area contributed by atoms with Crippen LogP contribution in [0.1, 0.15) is 24.5 Å². The number of carbonyl (C=O) groups excluding carboxylic acids is 1. The quantitative estimate of drug-likeness (QED) is 0.687. The molecule has 7 heteroatoms. The summed E-state index contributed by atoms with van der Waals surface area (Å²) in [5, 5.41) is 12.2. The number of ether oxygens (including phenoxy) is 3. The third kappa shape index (κ3) is 4.94. The maximum absolute atomic E-state index is 12.8. The fourth-order valence-electron chi connectivity index (χ4n) is 3.10. The minimum Gasteiger partial charge on any atom is -0.497 e. The van der Waals surface area contributed by atoms with Crippen molar-refractivity contribution in [1.29, 1.82) is 0 Å². The number of nitrogens with one attached hydrogen (secondary N) is 1. The van der Waals surface area contributed by atoms with Crippen LogP contribution in [0.5, 0.6) is 17.2 Å². The van der Waals surface area contributed by atoms with E-state index in [9.17, 15) is 14.7 Å². The van der Waals surface area contributed by atoms with E-state index < -0.39 is 11.5 Å². The predicted molar refractivity (Wildman–Crippen MR) is 104 cm³/mol. The molecule has 2 rings (SSSR count). The smallest absolute Gasteiger partial charge is 0.306 e. The Morgan fingerprint density at radius 1 is 1.00 bits per heavy atom. The van der Waals surface area contributed by atoms with E-state index in [-0.39, 0.29) is 18.7 Å². The molecule has 1 unspecified atom stereocenters. The van der Waals surface area contributed by atoms with Gasteiger partial charge in [-0.1, -0.05) is 18.2 Å². The van der Waals surface area contributed by atoms with Crippen molar-refractivity contribution in [2.45, 2.75) is 25.3 Å². The minimum absolute atomic E-state index is 0.0215. The number of carboxylic acids is 1. The zero-order chi connectivity index (χ0) is 20.7. The summed E-state index contributed by atoms with van der Waals surface area (Å²) in [6.45, 7) is 1.67. The standard InChI is InChI=1S/C21H25NO6/c1-21(13-20(24)25,14-7-5-8-15(11-14)26-2)22-19(23)12-16-17(27-3)9-6-10-18(16)28-4/h5-11H,12-13H2,1-4H3,(H,22,23)(H,24,25). The summed E-state index contributed by atoms with van der Waals surface area (Å²) in [5.41, 5.74) is 0.107. The highest BCUT2D eigenvalue weighted by Crippen LogP contribution is 2.31. The summed E-state index contributed by atoms with van der Waals surface area (Å²) < 4.78 is 15.9. The lowest BCUT2D eigenvalue weighted by Crippen LogP contribution is -2.45. The first-order valence-corrected chi connectivity index (χ1v) is 8.70. The Morgan fingerprint density at radius 3 is 2.14 bits per heavy atom. The Labute approximate surface area is 164 Å². The number of carbonyl (C=O) groups is 2. The van der Waals surface area contributed by atoms with Gasteiger partial charge in [0.1, 0.15) is 17.2 Å². The number of hydrogen-bond donors (Lipinski definition) is 2. The van der Waals surface area contributed by atoms with Crippen molar-refractivity contribution >= 4 is 11.9 Å². The van der Waals surface area contributed by atoms with Crippen molar-refractivity contribution in [2.24, 2.45) is 0 Å². The van der Waals surface area contributed by atoms with Crippen LogP contribution in [0.2, 0.25) is 0 Å². The molecule has 0 spiro atoms. The van der Waals surface area contributed by atoms with Crippen molar-refractivity contribution in [3.8, 4) is 17.2 Å². The average molecular weight is 387 g/mol. The monoisotopic (exact) mass is 387 g/mol. The Kier molecular flexibility index (Phi) is 6.87. The molecule has 1 amide bonds. The van der Waals surface area contributed by atoms with Gasteiger partial charge < -0.3 is 24.6 Å². The van der Waals surface area contributed by atoms with Gasteiger partial charge in [0, 0.05) is 5.56 Å². The van der Waals surface area contributed by atoms with Gasteiger partial charge in [-0.05, 0) is 36.8 Å². The second kappa shape index (κ2) is 9.12. The molecule has 0 saturated heterocycles. The molecule has 0 aromatic heterocycles. The zero-order valence-electron chi connectivity index (χ0n) is 16.4. The minimum atomic E-state index is -1.12. The Morgan fingerprint density at radius 2 is 1.61 bits per heavy atom. The summed E-state index contributed by atoms with van der Waals surface area (Å²) >= 11 is 0. The molecule has 0 saturated carbocycles. The van der Waals surface area contributed by atoms with E-state index in [0.29, 0.717) is 28.4 Å². The SMILES string of the molecule is COc1cccc(C(C)(CC(=O)O)NC(=O)Cc2c(OC)cccc2OC)c1. The van der Waals surface area contributed by atoms with Gasteiger partial charge in [-0.2, -0.15) is 0 Å². The van der Waals surface area contributed by atoms with Crippen LogP contribution in [0.25, 0.3) is 0 Å². The van der Waals surface area contributed by atoms with Crippen molar-refractivity contribution in [3.05, 3.63) is 53.6 Å². The van der Waals surface area contributed by atoms with Gasteiger partial charge in [0.15, 0.2) is 0 Å². The second-order valence-corrected chi connectivity index (χ2v) is 6.50. The first-order valence-electron chi connectivity index (χ1n) is 8.70. The molecule has 7 nitrogen and oxygen atoms in total. The van der Waals surface area contributed by atoms with E-state index in [4.69, 9.17) is 14.2 Å². The maximum Gasteiger partial charge on any atom is 0.306 e. The Hall–Kier alpha value is -3.22. The van der Waals surface area contributed by atoms with Crippen molar-refractivity contribution in [1.82, 2.24) is 5.32 Å². The molecule has 0 fully saturated rings. The lowest BCUT2D eigenvalue weighted by atomic mass is 9.88. The van der Waals surface area contributed by atoms with Crippen LogP contribution in [-0.2, 0) is 21.5 Å². The first kappa shape index (κ1) is 21.1. The largest absolute Gasteiger partial charge is 0.497 e. The third-order valence-electron chi connectivity index (χ3n) is 4.49. The highest BCUT2D eigenvalue weighted by Gasteiger charge is 2.32. The molecule has 150 valence electrons. The van der Waals surface area contributed by atoms with Crippen molar-refractivity contribution in [2.75, 3.05) is 21.3 Å². The van der Waals surface area contributed by atoms with E-state index in [1.807, 2.05) is 0 Å². The van der Waals surface area contributed by atoms with E-state index >= 15 is 0 Å².